The number of nitro benzene ring substituents is 1. The minimum atomic E-state index is -0.795. The van der Waals surface area contributed by atoms with Crippen molar-refractivity contribution in [2.75, 3.05) is 18.9 Å². The molecule has 7 heteroatoms. The molecule has 1 atom stereocenters. The summed E-state index contributed by atoms with van der Waals surface area (Å²) in [6, 6.07) is 4.08. The van der Waals surface area contributed by atoms with Crippen LogP contribution in [-0.4, -0.2) is 29.3 Å². The predicted molar refractivity (Wildman–Crippen MR) is 58.1 cm³/mol. The SMILES string of the molecule is NCC(O)COc1ccc(N)c([N+](=O)[O-])c1. The van der Waals surface area contributed by atoms with E-state index in [9.17, 15) is 10.1 Å². The molecular formula is C9H13N3O4. The Morgan fingerprint density at radius 1 is 1.56 bits per heavy atom. The highest BCUT2D eigenvalue weighted by molar-refractivity contribution is 5.60. The molecule has 0 heterocycles. The maximum absolute atomic E-state index is 10.6. The van der Waals surface area contributed by atoms with Gasteiger partial charge < -0.3 is 21.3 Å². The molecule has 7 nitrogen and oxygen atoms in total. The number of hydrogen-bond donors (Lipinski definition) is 3. The number of nitrogens with zero attached hydrogens (tertiary/aromatic N) is 1. The molecule has 0 aliphatic heterocycles. The number of aliphatic hydroxyl groups excluding tert-OH is 1. The largest absolute Gasteiger partial charge is 0.491 e. The quantitative estimate of drug-likeness (QED) is 0.365. The summed E-state index contributed by atoms with van der Waals surface area (Å²) in [5, 5.41) is 19.7. The van der Waals surface area contributed by atoms with Crippen LogP contribution < -0.4 is 16.2 Å². The average molecular weight is 227 g/mol. The van der Waals surface area contributed by atoms with Gasteiger partial charge in [0.05, 0.1) is 11.0 Å². The van der Waals surface area contributed by atoms with Crippen molar-refractivity contribution in [1.82, 2.24) is 0 Å². The standard InChI is InChI=1S/C9H13N3O4/c10-4-6(13)5-16-7-1-2-8(11)9(3-7)12(14)15/h1-3,6,13H,4-5,10-11H2. The zero-order valence-electron chi connectivity index (χ0n) is 8.50. The first-order chi connectivity index (χ1) is 7.54. The first kappa shape index (κ1) is 12.2. The third-order valence-corrected chi connectivity index (χ3v) is 1.91. The van der Waals surface area contributed by atoms with Crippen molar-refractivity contribution in [3.05, 3.63) is 28.3 Å². The number of nitrogen functional groups attached to an aromatic ring is 1. The summed E-state index contributed by atoms with van der Waals surface area (Å²) in [5.74, 6) is 0.272. The van der Waals surface area contributed by atoms with Gasteiger partial charge in [0.2, 0.25) is 0 Å². The second-order valence-corrected chi connectivity index (χ2v) is 3.18. The monoisotopic (exact) mass is 227 g/mol. The molecule has 0 saturated heterocycles. The lowest BCUT2D eigenvalue weighted by molar-refractivity contribution is -0.384. The fraction of sp³-hybridized carbons (Fsp3) is 0.333. The Hall–Kier alpha value is -1.86. The van der Waals surface area contributed by atoms with Crippen molar-refractivity contribution in [2.45, 2.75) is 6.10 Å². The summed E-state index contributed by atoms with van der Waals surface area (Å²) in [7, 11) is 0. The van der Waals surface area contributed by atoms with Crippen LogP contribution in [0.5, 0.6) is 5.75 Å². The minimum Gasteiger partial charge on any atom is -0.491 e. The van der Waals surface area contributed by atoms with Crippen molar-refractivity contribution in [2.24, 2.45) is 5.73 Å². The van der Waals surface area contributed by atoms with E-state index in [1.54, 1.807) is 0 Å². The van der Waals surface area contributed by atoms with Gasteiger partial charge in [-0.2, -0.15) is 0 Å². The van der Waals surface area contributed by atoms with Gasteiger partial charge in [0, 0.05) is 6.54 Å². The van der Waals surface area contributed by atoms with Crippen molar-refractivity contribution >= 4 is 11.4 Å². The van der Waals surface area contributed by atoms with E-state index in [-0.39, 0.29) is 30.3 Å². The summed E-state index contributed by atoms with van der Waals surface area (Å²) >= 11 is 0. The topological polar surface area (TPSA) is 125 Å². The second kappa shape index (κ2) is 5.29. The number of nitro groups is 1. The number of anilines is 1. The lowest BCUT2D eigenvalue weighted by Gasteiger charge is -2.10. The molecule has 1 aromatic carbocycles. The molecule has 1 rings (SSSR count). The highest BCUT2D eigenvalue weighted by Crippen LogP contribution is 2.26. The molecule has 0 saturated carbocycles. The second-order valence-electron chi connectivity index (χ2n) is 3.18. The van der Waals surface area contributed by atoms with Gasteiger partial charge in [-0.05, 0) is 12.1 Å². The molecule has 0 aliphatic rings. The normalized spacial score (nSPS) is 12.1. The minimum absolute atomic E-state index is 0.0163. The fourth-order valence-electron chi connectivity index (χ4n) is 1.03. The van der Waals surface area contributed by atoms with E-state index in [0.717, 1.165) is 0 Å². The van der Waals surface area contributed by atoms with Gasteiger partial charge >= 0.3 is 0 Å². The lowest BCUT2D eigenvalue weighted by Crippen LogP contribution is -2.26. The van der Waals surface area contributed by atoms with E-state index in [4.69, 9.17) is 21.3 Å². The number of benzene rings is 1. The molecule has 1 unspecified atom stereocenters. The summed E-state index contributed by atoms with van der Waals surface area (Å²) in [6.45, 7) is 0.0502. The van der Waals surface area contributed by atoms with Crippen LogP contribution >= 0.6 is 0 Å². The third kappa shape index (κ3) is 3.07. The van der Waals surface area contributed by atoms with Crippen molar-refractivity contribution in [1.29, 1.82) is 0 Å². The highest BCUT2D eigenvalue weighted by Gasteiger charge is 2.13. The molecule has 16 heavy (non-hydrogen) atoms. The van der Waals surface area contributed by atoms with Crippen molar-refractivity contribution < 1.29 is 14.8 Å². The van der Waals surface area contributed by atoms with Crippen LogP contribution in [0.25, 0.3) is 0 Å². The molecule has 0 spiro atoms. The lowest BCUT2D eigenvalue weighted by atomic mass is 10.2. The summed E-state index contributed by atoms with van der Waals surface area (Å²) in [4.78, 5) is 9.97. The first-order valence-electron chi connectivity index (χ1n) is 4.59. The van der Waals surface area contributed by atoms with E-state index in [1.807, 2.05) is 0 Å². The van der Waals surface area contributed by atoms with Crippen molar-refractivity contribution in [3.63, 3.8) is 0 Å². The van der Waals surface area contributed by atoms with Crippen LogP contribution in [0.1, 0.15) is 0 Å². The molecule has 0 radical (unpaired) electrons. The van der Waals surface area contributed by atoms with Gasteiger partial charge in [0.15, 0.2) is 0 Å². The van der Waals surface area contributed by atoms with Crippen molar-refractivity contribution in [3.8, 4) is 5.75 Å². The smallest absolute Gasteiger partial charge is 0.295 e. The van der Waals surface area contributed by atoms with Crippen LogP contribution in [0.2, 0.25) is 0 Å². The molecular weight excluding hydrogens is 214 g/mol. The number of ether oxygens (including phenoxy) is 1. The Bertz CT molecular complexity index is 383. The Morgan fingerprint density at radius 3 is 2.81 bits per heavy atom. The number of nitrogens with two attached hydrogens (primary N) is 2. The highest BCUT2D eigenvalue weighted by atomic mass is 16.6. The van der Waals surface area contributed by atoms with E-state index < -0.39 is 11.0 Å². The fourth-order valence-corrected chi connectivity index (χ4v) is 1.03. The molecule has 1 aromatic rings. The van der Waals surface area contributed by atoms with Gasteiger partial charge in [0.1, 0.15) is 24.1 Å². The zero-order chi connectivity index (χ0) is 12.1. The molecule has 0 bridgehead atoms. The van der Waals surface area contributed by atoms with Crippen LogP contribution in [0.3, 0.4) is 0 Å². The van der Waals surface area contributed by atoms with Crippen LogP contribution in [0.4, 0.5) is 11.4 Å². The van der Waals surface area contributed by atoms with Crippen LogP contribution in [0, 0.1) is 10.1 Å². The van der Waals surface area contributed by atoms with E-state index in [1.165, 1.54) is 18.2 Å². The molecule has 0 amide bonds. The van der Waals surface area contributed by atoms with Gasteiger partial charge in [-0.3, -0.25) is 10.1 Å². The molecule has 88 valence electrons. The summed E-state index contributed by atoms with van der Waals surface area (Å²) in [5.41, 5.74) is 10.4. The summed E-state index contributed by atoms with van der Waals surface area (Å²) < 4.78 is 5.11. The summed E-state index contributed by atoms with van der Waals surface area (Å²) in [6.07, 6.45) is -0.795. The Kier molecular flexibility index (Phi) is 4.03. The first-order valence-corrected chi connectivity index (χ1v) is 4.59. The van der Waals surface area contributed by atoms with Gasteiger partial charge in [-0.15, -0.1) is 0 Å². The number of aliphatic hydroxyl groups is 1. The maximum Gasteiger partial charge on any atom is 0.295 e. The van der Waals surface area contributed by atoms with E-state index >= 15 is 0 Å². The zero-order valence-corrected chi connectivity index (χ0v) is 8.50. The molecule has 0 fully saturated rings. The molecule has 0 aromatic heterocycles. The third-order valence-electron chi connectivity index (χ3n) is 1.91. The molecule has 0 aliphatic carbocycles. The average Bonchev–Trinajstić information content (AvgIpc) is 2.27. The Morgan fingerprint density at radius 2 is 2.25 bits per heavy atom. The Labute approximate surface area is 91.8 Å². The Balaban J connectivity index is 2.75. The maximum atomic E-state index is 10.6. The van der Waals surface area contributed by atoms with Crippen LogP contribution in [-0.2, 0) is 0 Å². The van der Waals surface area contributed by atoms with Gasteiger partial charge in [-0.25, -0.2) is 0 Å². The van der Waals surface area contributed by atoms with Crippen LogP contribution in [0.15, 0.2) is 18.2 Å². The van der Waals surface area contributed by atoms with E-state index in [0.29, 0.717) is 0 Å². The van der Waals surface area contributed by atoms with Gasteiger partial charge in [-0.1, -0.05) is 0 Å². The number of hydrogen-bond acceptors (Lipinski definition) is 6. The van der Waals surface area contributed by atoms with Gasteiger partial charge in [0.25, 0.3) is 5.69 Å². The molecule has 5 N–H and O–H groups in total. The van der Waals surface area contributed by atoms with E-state index in [2.05, 4.69) is 0 Å². The predicted octanol–water partition coefficient (Wildman–Crippen LogP) is -0.125. The number of rotatable bonds is 5.